The summed E-state index contributed by atoms with van der Waals surface area (Å²) in [5, 5.41) is 8.79. The molecule has 5 rings (SSSR count). The molecule has 3 aromatic carbocycles. The van der Waals surface area contributed by atoms with E-state index in [1.54, 1.807) is 0 Å². The molecule has 1 aliphatic heterocycles. The first kappa shape index (κ1) is 17.6. The maximum atomic E-state index is 6.01. The van der Waals surface area contributed by atoms with Crippen LogP contribution in [0, 0.1) is 0 Å². The van der Waals surface area contributed by atoms with Crippen molar-refractivity contribution in [3.8, 4) is 34.5 Å². The summed E-state index contributed by atoms with van der Waals surface area (Å²) in [6.07, 6.45) is 0. The summed E-state index contributed by atoms with van der Waals surface area (Å²) < 4.78 is 22.6. The van der Waals surface area contributed by atoms with Crippen LogP contribution >= 0.6 is 11.8 Å². The van der Waals surface area contributed by atoms with Gasteiger partial charge in [-0.3, -0.25) is 0 Å². The molecule has 0 radical (unpaired) electrons. The van der Waals surface area contributed by atoms with Crippen molar-refractivity contribution >= 4 is 11.8 Å². The van der Waals surface area contributed by atoms with Crippen molar-refractivity contribution in [3.63, 3.8) is 0 Å². The predicted octanol–water partition coefficient (Wildman–Crippen LogP) is 5.55. The molecule has 0 amide bonds. The molecule has 2 heterocycles. The molecule has 4 aromatic rings. The second-order valence-electron chi connectivity index (χ2n) is 6.25. The third-order valence-electron chi connectivity index (χ3n) is 4.32. The van der Waals surface area contributed by atoms with Gasteiger partial charge in [0.25, 0.3) is 5.22 Å². The van der Waals surface area contributed by atoms with Crippen molar-refractivity contribution < 1.29 is 18.6 Å². The quantitative estimate of drug-likeness (QED) is 0.390. The monoisotopic (exact) mass is 404 g/mol. The van der Waals surface area contributed by atoms with E-state index in [-0.39, 0.29) is 6.79 Å². The highest BCUT2D eigenvalue weighted by molar-refractivity contribution is 7.98. The van der Waals surface area contributed by atoms with Crippen LogP contribution in [0.5, 0.6) is 23.0 Å². The van der Waals surface area contributed by atoms with Crippen molar-refractivity contribution in [1.29, 1.82) is 0 Å². The molecule has 6 nitrogen and oxygen atoms in total. The largest absolute Gasteiger partial charge is 0.457 e. The maximum absolute atomic E-state index is 6.01. The number of aromatic nitrogens is 2. The van der Waals surface area contributed by atoms with Crippen LogP contribution in [-0.2, 0) is 5.75 Å². The minimum absolute atomic E-state index is 0.230. The van der Waals surface area contributed by atoms with Crippen molar-refractivity contribution in [2.75, 3.05) is 6.79 Å². The second kappa shape index (κ2) is 7.89. The van der Waals surface area contributed by atoms with E-state index in [2.05, 4.69) is 10.2 Å². The molecule has 0 atom stereocenters. The van der Waals surface area contributed by atoms with E-state index in [0.29, 0.717) is 22.6 Å². The molecule has 0 unspecified atom stereocenters. The Morgan fingerprint density at radius 1 is 0.862 bits per heavy atom. The topological polar surface area (TPSA) is 66.6 Å². The summed E-state index contributed by atoms with van der Waals surface area (Å²) in [5.41, 5.74) is 1.84. The highest BCUT2D eigenvalue weighted by Gasteiger charge is 2.17. The zero-order valence-corrected chi connectivity index (χ0v) is 16.1. The van der Waals surface area contributed by atoms with Crippen LogP contribution < -0.4 is 14.2 Å². The van der Waals surface area contributed by atoms with Crippen LogP contribution in [0.2, 0.25) is 0 Å². The zero-order valence-electron chi connectivity index (χ0n) is 15.3. The molecule has 144 valence electrons. The number of ether oxygens (including phenoxy) is 3. The zero-order chi connectivity index (χ0) is 19.5. The van der Waals surface area contributed by atoms with Crippen molar-refractivity contribution in [2.45, 2.75) is 11.0 Å². The third-order valence-corrected chi connectivity index (χ3v) is 5.19. The minimum Gasteiger partial charge on any atom is -0.457 e. The Hall–Kier alpha value is -3.45. The van der Waals surface area contributed by atoms with Gasteiger partial charge in [-0.1, -0.05) is 48.2 Å². The van der Waals surface area contributed by atoms with E-state index in [1.165, 1.54) is 11.8 Å². The SMILES string of the molecule is c1ccc(Oc2ccccc2CSc2nnc(-c3ccc4c(c3)OCO4)o2)cc1. The van der Waals surface area contributed by atoms with E-state index in [4.69, 9.17) is 18.6 Å². The molecular weight excluding hydrogens is 388 g/mol. The summed E-state index contributed by atoms with van der Waals surface area (Å²) in [4.78, 5) is 0. The van der Waals surface area contributed by atoms with Crippen molar-refractivity contribution in [3.05, 3.63) is 78.4 Å². The molecule has 1 aromatic heterocycles. The highest BCUT2D eigenvalue weighted by Crippen LogP contribution is 2.36. The number of hydrogen-bond donors (Lipinski definition) is 0. The van der Waals surface area contributed by atoms with E-state index < -0.39 is 0 Å². The Morgan fingerprint density at radius 2 is 1.69 bits per heavy atom. The van der Waals surface area contributed by atoms with Crippen LogP contribution in [0.1, 0.15) is 5.56 Å². The van der Waals surface area contributed by atoms with Crippen LogP contribution in [0.3, 0.4) is 0 Å². The first-order valence-corrected chi connectivity index (χ1v) is 10.0. The smallest absolute Gasteiger partial charge is 0.277 e. The molecule has 0 saturated heterocycles. The molecule has 0 saturated carbocycles. The lowest BCUT2D eigenvalue weighted by Gasteiger charge is -2.10. The molecule has 0 bridgehead atoms. The molecule has 7 heteroatoms. The fraction of sp³-hybridized carbons (Fsp3) is 0.0909. The van der Waals surface area contributed by atoms with Gasteiger partial charge in [0, 0.05) is 16.9 Å². The van der Waals surface area contributed by atoms with Crippen LogP contribution in [0.4, 0.5) is 0 Å². The number of fused-ring (bicyclic) bond motifs is 1. The van der Waals surface area contributed by atoms with Gasteiger partial charge in [-0.2, -0.15) is 0 Å². The van der Waals surface area contributed by atoms with Gasteiger partial charge < -0.3 is 18.6 Å². The number of nitrogens with zero attached hydrogens (tertiary/aromatic N) is 2. The predicted molar refractivity (Wildman–Crippen MR) is 108 cm³/mol. The molecular formula is C22H16N2O4S. The lowest BCUT2D eigenvalue weighted by Crippen LogP contribution is -1.92. The lowest BCUT2D eigenvalue weighted by molar-refractivity contribution is 0.174. The molecule has 0 N–H and O–H groups in total. The number of hydrogen-bond acceptors (Lipinski definition) is 7. The Bertz CT molecular complexity index is 1130. The highest BCUT2D eigenvalue weighted by atomic mass is 32.2. The first-order chi connectivity index (χ1) is 14.3. The van der Waals surface area contributed by atoms with Gasteiger partial charge in [0.05, 0.1) is 0 Å². The Labute approximate surface area is 171 Å². The van der Waals surface area contributed by atoms with E-state index in [0.717, 1.165) is 28.4 Å². The van der Waals surface area contributed by atoms with Crippen LogP contribution in [0.15, 0.2) is 82.4 Å². The molecule has 0 fully saturated rings. The summed E-state index contributed by atoms with van der Waals surface area (Å²) >= 11 is 1.46. The average molecular weight is 404 g/mol. The third kappa shape index (κ3) is 3.90. The van der Waals surface area contributed by atoms with Crippen molar-refractivity contribution in [1.82, 2.24) is 10.2 Å². The van der Waals surface area contributed by atoms with E-state index in [9.17, 15) is 0 Å². The minimum atomic E-state index is 0.230. The fourth-order valence-electron chi connectivity index (χ4n) is 2.89. The molecule has 29 heavy (non-hydrogen) atoms. The van der Waals surface area contributed by atoms with Crippen LogP contribution in [0.25, 0.3) is 11.5 Å². The van der Waals surface area contributed by atoms with Gasteiger partial charge in [-0.25, -0.2) is 0 Å². The first-order valence-electron chi connectivity index (χ1n) is 9.02. The molecule has 0 aliphatic carbocycles. The number of rotatable bonds is 6. The van der Waals surface area contributed by atoms with E-state index >= 15 is 0 Å². The summed E-state index contributed by atoms with van der Waals surface area (Å²) in [7, 11) is 0. The average Bonchev–Trinajstić information content (AvgIpc) is 3.43. The van der Waals surface area contributed by atoms with E-state index in [1.807, 2.05) is 72.8 Å². The summed E-state index contributed by atoms with van der Waals surface area (Å²) in [6, 6.07) is 23.2. The summed E-state index contributed by atoms with van der Waals surface area (Å²) in [6.45, 7) is 0.230. The van der Waals surface area contributed by atoms with Crippen molar-refractivity contribution in [2.24, 2.45) is 0 Å². The molecule has 1 aliphatic rings. The maximum Gasteiger partial charge on any atom is 0.277 e. The standard InChI is InChI=1S/C22H16N2O4S/c1-2-7-17(8-3-1)27-18-9-5-4-6-16(18)13-29-22-24-23-21(28-22)15-10-11-19-20(12-15)26-14-25-19/h1-12H,13-14H2. The second-order valence-corrected chi connectivity index (χ2v) is 7.18. The number of para-hydroxylation sites is 2. The van der Waals surface area contributed by atoms with Gasteiger partial charge in [0.1, 0.15) is 11.5 Å². The van der Waals surface area contributed by atoms with Crippen LogP contribution in [-0.4, -0.2) is 17.0 Å². The van der Waals surface area contributed by atoms with Gasteiger partial charge in [-0.05, 0) is 36.4 Å². The number of thioether (sulfide) groups is 1. The Morgan fingerprint density at radius 3 is 2.62 bits per heavy atom. The fourth-order valence-corrected chi connectivity index (χ4v) is 3.65. The van der Waals surface area contributed by atoms with Gasteiger partial charge in [0.15, 0.2) is 11.5 Å². The Kier molecular flexibility index (Phi) is 4.80. The summed E-state index contributed by atoms with van der Waals surface area (Å²) in [5.74, 6) is 4.10. The van der Waals surface area contributed by atoms with Gasteiger partial charge in [0.2, 0.25) is 12.7 Å². The lowest BCUT2D eigenvalue weighted by atomic mass is 10.2. The number of benzene rings is 3. The van der Waals surface area contributed by atoms with Gasteiger partial charge >= 0.3 is 0 Å². The normalized spacial score (nSPS) is 12.1. The Balaban J connectivity index is 1.29. The van der Waals surface area contributed by atoms with Gasteiger partial charge in [-0.15, -0.1) is 10.2 Å². The molecule has 0 spiro atoms.